The van der Waals surface area contributed by atoms with Crippen molar-refractivity contribution in [1.82, 2.24) is 19.4 Å². The summed E-state index contributed by atoms with van der Waals surface area (Å²) in [6.45, 7) is 1.79. The number of hydrogen-bond donors (Lipinski definition) is 0. The molecule has 138 valence electrons. The van der Waals surface area contributed by atoms with Crippen LogP contribution >= 0.6 is 0 Å². The number of anilines is 1. The molecule has 0 aliphatic carbocycles. The number of hydrogen-bond acceptors (Lipinski definition) is 6. The van der Waals surface area contributed by atoms with Crippen molar-refractivity contribution in [3.63, 3.8) is 0 Å². The lowest BCUT2D eigenvalue weighted by Gasteiger charge is -2.33. The van der Waals surface area contributed by atoms with Gasteiger partial charge in [0.05, 0.1) is 13.2 Å². The number of pyridine rings is 1. The Morgan fingerprint density at radius 2 is 2.12 bits per heavy atom. The summed E-state index contributed by atoms with van der Waals surface area (Å²) >= 11 is 0. The van der Waals surface area contributed by atoms with E-state index in [0.717, 1.165) is 11.5 Å². The van der Waals surface area contributed by atoms with Gasteiger partial charge < -0.3 is 19.1 Å². The fourth-order valence-electron chi connectivity index (χ4n) is 2.97. The normalized spacial score (nSPS) is 17.2. The molecule has 1 atom stereocenters. The predicted molar refractivity (Wildman–Crippen MR) is 97.0 cm³/mol. The average Bonchev–Trinajstić information content (AvgIpc) is 2.67. The molecule has 1 aliphatic heterocycles. The minimum absolute atomic E-state index is 0.00402. The molecule has 3 rings (SSSR count). The predicted octanol–water partition coefficient (Wildman–Crippen LogP) is 0.694. The lowest BCUT2D eigenvalue weighted by molar-refractivity contribution is -0.139. The Kier molecular flexibility index (Phi) is 5.62. The topological polar surface area (TPSA) is 80.6 Å². The van der Waals surface area contributed by atoms with Crippen molar-refractivity contribution in [3.8, 4) is 0 Å². The highest BCUT2D eigenvalue weighted by Crippen LogP contribution is 2.26. The van der Waals surface area contributed by atoms with Gasteiger partial charge in [-0.3, -0.25) is 14.6 Å². The van der Waals surface area contributed by atoms with Gasteiger partial charge in [0.2, 0.25) is 5.91 Å². The summed E-state index contributed by atoms with van der Waals surface area (Å²) in [5, 5.41) is 0. The second kappa shape index (κ2) is 8.09. The van der Waals surface area contributed by atoms with Crippen LogP contribution in [0.2, 0.25) is 0 Å². The van der Waals surface area contributed by atoms with E-state index in [1.54, 1.807) is 40.2 Å². The summed E-state index contributed by atoms with van der Waals surface area (Å²) in [4.78, 5) is 36.7. The van der Waals surface area contributed by atoms with E-state index in [1.165, 1.54) is 6.07 Å². The molecule has 1 fully saturated rings. The lowest BCUT2D eigenvalue weighted by atomic mass is 10.1. The molecule has 8 heteroatoms. The van der Waals surface area contributed by atoms with Crippen LogP contribution in [0.15, 0.2) is 41.6 Å². The molecule has 1 amide bonds. The molecule has 0 bridgehead atoms. The minimum Gasteiger partial charge on any atom is -0.368 e. The monoisotopic (exact) mass is 357 g/mol. The van der Waals surface area contributed by atoms with E-state index in [-0.39, 0.29) is 24.0 Å². The number of ether oxygens (including phenoxy) is 1. The van der Waals surface area contributed by atoms with Gasteiger partial charge in [0.15, 0.2) is 5.82 Å². The van der Waals surface area contributed by atoms with Crippen molar-refractivity contribution in [3.05, 3.63) is 52.8 Å². The number of nitrogens with zero attached hydrogens (tertiary/aromatic N) is 5. The first-order valence-electron chi connectivity index (χ1n) is 8.59. The van der Waals surface area contributed by atoms with E-state index in [9.17, 15) is 9.59 Å². The van der Waals surface area contributed by atoms with Crippen molar-refractivity contribution < 1.29 is 9.53 Å². The van der Waals surface area contributed by atoms with Crippen LogP contribution in [0.4, 0.5) is 5.82 Å². The summed E-state index contributed by atoms with van der Waals surface area (Å²) in [6.07, 6.45) is 4.94. The van der Waals surface area contributed by atoms with Crippen LogP contribution in [0.1, 0.15) is 18.2 Å². The molecule has 0 aromatic carbocycles. The summed E-state index contributed by atoms with van der Waals surface area (Å²) in [5.41, 5.74) is 0.629. The number of aryl methyl sites for hydroxylation is 1. The maximum absolute atomic E-state index is 12.6. The van der Waals surface area contributed by atoms with Gasteiger partial charge in [-0.2, -0.15) is 0 Å². The van der Waals surface area contributed by atoms with E-state index in [2.05, 4.69) is 9.97 Å². The van der Waals surface area contributed by atoms with Crippen molar-refractivity contribution >= 4 is 11.7 Å². The van der Waals surface area contributed by atoms with E-state index in [0.29, 0.717) is 26.2 Å². The SMILES string of the molecule is CN(C)c1nccnc1C1CN(C(=O)CCn2ccccc2=O)CCO1. The number of carbonyl (C=O) groups excluding carboxylic acids is 1. The van der Waals surface area contributed by atoms with Gasteiger partial charge in [0.25, 0.3) is 5.56 Å². The van der Waals surface area contributed by atoms with Gasteiger partial charge in [0, 0.05) is 58.3 Å². The molecule has 26 heavy (non-hydrogen) atoms. The molecule has 1 saturated heterocycles. The summed E-state index contributed by atoms with van der Waals surface area (Å²) < 4.78 is 7.38. The van der Waals surface area contributed by atoms with Crippen molar-refractivity contribution in [2.45, 2.75) is 19.1 Å². The van der Waals surface area contributed by atoms with Crippen LogP contribution in [0, 0.1) is 0 Å². The molecule has 1 unspecified atom stereocenters. The van der Waals surface area contributed by atoms with Crippen LogP contribution in [-0.2, 0) is 16.1 Å². The standard InChI is InChI=1S/C18H23N5O3/c1-21(2)18-17(19-7-8-20-18)14-13-23(11-12-26-14)16(25)6-10-22-9-4-3-5-15(22)24/h3-5,7-9,14H,6,10-13H2,1-2H3. The van der Waals surface area contributed by atoms with Gasteiger partial charge in [-0.15, -0.1) is 0 Å². The minimum atomic E-state index is -0.307. The molecule has 1 aliphatic rings. The van der Waals surface area contributed by atoms with Gasteiger partial charge in [0.1, 0.15) is 11.8 Å². The fraction of sp³-hybridized carbons (Fsp3) is 0.444. The molecule has 3 heterocycles. The van der Waals surface area contributed by atoms with Crippen molar-refractivity contribution in [2.75, 3.05) is 38.7 Å². The summed E-state index contributed by atoms with van der Waals surface area (Å²) in [5.74, 6) is 0.743. The molecule has 2 aromatic heterocycles. The van der Waals surface area contributed by atoms with E-state index in [1.807, 2.05) is 19.0 Å². The smallest absolute Gasteiger partial charge is 0.250 e. The molecular formula is C18H23N5O3. The third kappa shape index (κ3) is 4.08. The quantitative estimate of drug-likeness (QED) is 0.783. The van der Waals surface area contributed by atoms with Crippen LogP contribution in [0.3, 0.4) is 0 Å². The fourth-order valence-corrected chi connectivity index (χ4v) is 2.97. The first-order valence-corrected chi connectivity index (χ1v) is 8.59. The summed E-state index contributed by atoms with van der Waals surface area (Å²) in [6, 6.07) is 4.97. The zero-order valence-corrected chi connectivity index (χ0v) is 15.0. The number of rotatable bonds is 5. The zero-order valence-electron chi connectivity index (χ0n) is 15.0. The van der Waals surface area contributed by atoms with Crippen molar-refractivity contribution in [2.24, 2.45) is 0 Å². The Labute approximate surface area is 152 Å². The lowest BCUT2D eigenvalue weighted by Crippen LogP contribution is -2.43. The van der Waals surface area contributed by atoms with Crippen LogP contribution in [0.25, 0.3) is 0 Å². The molecule has 0 spiro atoms. The third-order valence-corrected chi connectivity index (χ3v) is 4.32. The maximum atomic E-state index is 12.6. The first-order chi connectivity index (χ1) is 12.6. The Bertz CT molecular complexity index is 820. The molecule has 0 N–H and O–H groups in total. The number of amides is 1. The number of aromatic nitrogens is 3. The second-order valence-electron chi connectivity index (χ2n) is 6.34. The van der Waals surface area contributed by atoms with Crippen LogP contribution in [-0.4, -0.2) is 59.1 Å². The number of morpholine rings is 1. The molecule has 8 nitrogen and oxygen atoms in total. The van der Waals surface area contributed by atoms with Crippen LogP contribution in [0.5, 0.6) is 0 Å². The summed E-state index contributed by atoms with van der Waals surface area (Å²) in [7, 11) is 3.80. The van der Waals surface area contributed by atoms with Gasteiger partial charge in [-0.25, -0.2) is 4.98 Å². The molecular weight excluding hydrogens is 334 g/mol. The van der Waals surface area contributed by atoms with Crippen molar-refractivity contribution in [1.29, 1.82) is 0 Å². The van der Waals surface area contributed by atoms with E-state index in [4.69, 9.17) is 4.74 Å². The molecule has 0 saturated carbocycles. The second-order valence-corrected chi connectivity index (χ2v) is 6.34. The first kappa shape index (κ1) is 18.1. The Morgan fingerprint density at radius 3 is 2.88 bits per heavy atom. The largest absolute Gasteiger partial charge is 0.368 e. The van der Waals surface area contributed by atoms with E-state index >= 15 is 0 Å². The highest BCUT2D eigenvalue weighted by atomic mass is 16.5. The zero-order chi connectivity index (χ0) is 18.5. The Hall–Kier alpha value is -2.74. The molecule has 0 radical (unpaired) electrons. The molecule has 2 aromatic rings. The van der Waals surface area contributed by atoms with Crippen LogP contribution < -0.4 is 10.5 Å². The van der Waals surface area contributed by atoms with E-state index < -0.39 is 0 Å². The Morgan fingerprint density at radius 1 is 1.31 bits per heavy atom. The Balaban J connectivity index is 1.66. The van der Waals surface area contributed by atoms with Gasteiger partial charge in [-0.1, -0.05) is 6.07 Å². The van der Waals surface area contributed by atoms with Gasteiger partial charge in [-0.05, 0) is 6.07 Å². The highest BCUT2D eigenvalue weighted by molar-refractivity contribution is 5.76. The maximum Gasteiger partial charge on any atom is 0.250 e. The average molecular weight is 357 g/mol. The number of carbonyl (C=O) groups is 1. The third-order valence-electron chi connectivity index (χ3n) is 4.32. The highest BCUT2D eigenvalue weighted by Gasteiger charge is 2.28. The van der Waals surface area contributed by atoms with Gasteiger partial charge >= 0.3 is 0 Å².